The molecule has 1 aliphatic carbocycles. The summed E-state index contributed by atoms with van der Waals surface area (Å²) in [4.78, 5) is 17.0. The van der Waals surface area contributed by atoms with Crippen molar-refractivity contribution in [3.8, 4) is 22.8 Å². The number of ketones is 1. The smallest absolute Gasteiger partial charge is 0.169 e. The molecule has 4 rings (SSSR count). The maximum absolute atomic E-state index is 12.4. The number of nitrogens with zero attached hydrogens (tertiary/aromatic N) is 2. The van der Waals surface area contributed by atoms with E-state index in [0.29, 0.717) is 25.4 Å². The second kappa shape index (κ2) is 7.74. The van der Waals surface area contributed by atoms with Crippen molar-refractivity contribution in [1.29, 1.82) is 0 Å². The van der Waals surface area contributed by atoms with Gasteiger partial charge in [-0.2, -0.15) is 0 Å². The van der Waals surface area contributed by atoms with Crippen LogP contribution in [0.2, 0.25) is 0 Å². The first kappa shape index (κ1) is 17.5. The van der Waals surface area contributed by atoms with Crippen molar-refractivity contribution >= 4 is 17.5 Å². The Morgan fingerprint density at radius 1 is 1.19 bits per heavy atom. The third kappa shape index (κ3) is 3.47. The first-order valence-electron chi connectivity index (χ1n) is 9.41. The molecule has 1 saturated carbocycles. The van der Waals surface area contributed by atoms with E-state index >= 15 is 0 Å². The highest BCUT2D eigenvalue weighted by Crippen LogP contribution is 2.37. The normalized spacial score (nSPS) is 20.0. The molecule has 1 aromatic heterocycles. The van der Waals surface area contributed by atoms with Crippen LogP contribution in [0.5, 0.6) is 11.5 Å². The van der Waals surface area contributed by atoms with Gasteiger partial charge < -0.3 is 14.0 Å². The highest BCUT2D eigenvalue weighted by molar-refractivity contribution is 8.00. The number of carbonyl (C=O) groups is 1. The fraction of sp³-hybridized carbons (Fsp3) is 0.500. The van der Waals surface area contributed by atoms with Crippen molar-refractivity contribution < 1.29 is 14.3 Å². The summed E-state index contributed by atoms with van der Waals surface area (Å²) >= 11 is 1.63. The van der Waals surface area contributed by atoms with E-state index in [4.69, 9.17) is 9.47 Å². The van der Waals surface area contributed by atoms with E-state index in [9.17, 15) is 4.79 Å². The number of hydrogen-bond acceptors (Lipinski definition) is 5. The van der Waals surface area contributed by atoms with Gasteiger partial charge in [0.05, 0.1) is 17.1 Å². The Hall–Kier alpha value is -1.95. The lowest BCUT2D eigenvalue weighted by Crippen LogP contribution is -2.16. The molecule has 26 heavy (non-hydrogen) atoms. The van der Waals surface area contributed by atoms with Gasteiger partial charge >= 0.3 is 0 Å². The lowest BCUT2D eigenvalue weighted by molar-refractivity contribution is -0.118. The Bertz CT molecular complexity index is 802. The Morgan fingerprint density at radius 3 is 2.88 bits per heavy atom. The number of imidazole rings is 1. The van der Waals surface area contributed by atoms with Crippen LogP contribution in [-0.4, -0.2) is 33.8 Å². The predicted molar refractivity (Wildman–Crippen MR) is 102 cm³/mol. The molecule has 0 bridgehead atoms. The minimum atomic E-state index is 0.0401. The maximum atomic E-state index is 12.4. The van der Waals surface area contributed by atoms with Crippen LogP contribution in [0.1, 0.15) is 39.0 Å². The largest absolute Gasteiger partial charge is 0.486 e. The summed E-state index contributed by atoms with van der Waals surface area (Å²) in [7, 11) is 0. The lowest BCUT2D eigenvalue weighted by Gasteiger charge is -2.19. The SMILES string of the molecule is CCn1c(-c2ccc3c(c2)OCCO3)cnc1SC1CCCCCC1=O. The molecule has 0 radical (unpaired) electrons. The molecule has 138 valence electrons. The van der Waals surface area contributed by atoms with E-state index < -0.39 is 0 Å². The molecular weight excluding hydrogens is 348 g/mol. The molecule has 2 heterocycles. The van der Waals surface area contributed by atoms with Crippen LogP contribution in [-0.2, 0) is 11.3 Å². The molecule has 2 aromatic rings. The van der Waals surface area contributed by atoms with Crippen molar-refractivity contribution in [2.75, 3.05) is 13.2 Å². The first-order valence-corrected chi connectivity index (χ1v) is 10.3. The van der Waals surface area contributed by atoms with Crippen molar-refractivity contribution in [3.63, 3.8) is 0 Å². The highest BCUT2D eigenvalue weighted by Gasteiger charge is 2.24. The summed E-state index contributed by atoms with van der Waals surface area (Å²) in [5.74, 6) is 1.95. The lowest BCUT2D eigenvalue weighted by atomic mass is 10.1. The number of Topliss-reactive ketones (excluding diaryl/α,β-unsaturated/α-hetero) is 1. The van der Waals surface area contributed by atoms with Crippen LogP contribution in [0.15, 0.2) is 29.6 Å². The van der Waals surface area contributed by atoms with Gasteiger partial charge in [-0.25, -0.2) is 4.98 Å². The number of rotatable bonds is 4. The quantitative estimate of drug-likeness (QED) is 0.748. The molecule has 6 heteroatoms. The minimum Gasteiger partial charge on any atom is -0.486 e. The average Bonchev–Trinajstić information content (AvgIpc) is 2.97. The molecule has 1 aromatic carbocycles. The van der Waals surface area contributed by atoms with Crippen LogP contribution in [0.3, 0.4) is 0 Å². The van der Waals surface area contributed by atoms with E-state index in [2.05, 4.69) is 16.5 Å². The molecule has 2 aliphatic rings. The first-order chi connectivity index (χ1) is 12.8. The summed E-state index contributed by atoms with van der Waals surface area (Å²) in [6.07, 6.45) is 6.89. The zero-order chi connectivity index (χ0) is 17.9. The molecule has 0 amide bonds. The van der Waals surface area contributed by atoms with Gasteiger partial charge in [-0.05, 0) is 38.0 Å². The second-order valence-corrected chi connectivity index (χ2v) is 7.87. The van der Waals surface area contributed by atoms with E-state index in [-0.39, 0.29) is 5.25 Å². The zero-order valence-electron chi connectivity index (χ0n) is 15.1. The fourth-order valence-electron chi connectivity index (χ4n) is 3.57. The van der Waals surface area contributed by atoms with Gasteiger partial charge in [0.25, 0.3) is 0 Å². The Balaban J connectivity index is 1.61. The topological polar surface area (TPSA) is 53.4 Å². The molecule has 0 N–H and O–H groups in total. The summed E-state index contributed by atoms with van der Waals surface area (Å²) in [6, 6.07) is 6.02. The predicted octanol–water partition coefficient (Wildman–Crippen LogP) is 4.34. The van der Waals surface area contributed by atoms with Crippen LogP contribution in [0, 0.1) is 0 Å². The van der Waals surface area contributed by atoms with Gasteiger partial charge in [0, 0.05) is 18.5 Å². The van der Waals surface area contributed by atoms with Crippen LogP contribution >= 0.6 is 11.8 Å². The minimum absolute atomic E-state index is 0.0401. The summed E-state index contributed by atoms with van der Waals surface area (Å²) in [6.45, 7) is 4.10. The Labute approximate surface area is 158 Å². The van der Waals surface area contributed by atoms with E-state index in [1.807, 2.05) is 24.4 Å². The van der Waals surface area contributed by atoms with Crippen molar-refractivity contribution in [2.24, 2.45) is 0 Å². The summed E-state index contributed by atoms with van der Waals surface area (Å²) in [5, 5.41) is 0.968. The van der Waals surface area contributed by atoms with E-state index in [1.165, 1.54) is 0 Å². The maximum Gasteiger partial charge on any atom is 0.169 e. The molecule has 0 spiro atoms. The van der Waals surface area contributed by atoms with Crippen molar-refractivity contribution in [2.45, 2.75) is 56.0 Å². The third-order valence-electron chi connectivity index (χ3n) is 4.97. The molecule has 1 aliphatic heterocycles. The Morgan fingerprint density at radius 2 is 2.04 bits per heavy atom. The van der Waals surface area contributed by atoms with Crippen LogP contribution < -0.4 is 9.47 Å². The number of benzene rings is 1. The van der Waals surface area contributed by atoms with Crippen LogP contribution in [0.25, 0.3) is 11.3 Å². The van der Waals surface area contributed by atoms with E-state index in [0.717, 1.165) is 60.1 Å². The number of aromatic nitrogens is 2. The van der Waals surface area contributed by atoms with Gasteiger partial charge in [0.1, 0.15) is 19.0 Å². The van der Waals surface area contributed by atoms with Gasteiger partial charge in [-0.3, -0.25) is 4.79 Å². The van der Waals surface area contributed by atoms with Crippen molar-refractivity contribution in [3.05, 3.63) is 24.4 Å². The number of thioether (sulfide) groups is 1. The number of hydrogen-bond donors (Lipinski definition) is 0. The molecule has 5 nitrogen and oxygen atoms in total. The van der Waals surface area contributed by atoms with Gasteiger partial charge in [0.2, 0.25) is 0 Å². The monoisotopic (exact) mass is 372 g/mol. The van der Waals surface area contributed by atoms with Crippen LogP contribution in [0.4, 0.5) is 0 Å². The molecule has 1 atom stereocenters. The molecule has 1 fully saturated rings. The third-order valence-corrected chi connectivity index (χ3v) is 6.29. The summed E-state index contributed by atoms with van der Waals surface area (Å²) in [5.41, 5.74) is 2.11. The van der Waals surface area contributed by atoms with Gasteiger partial charge in [-0.15, -0.1) is 0 Å². The molecular formula is C20H24N2O3S. The van der Waals surface area contributed by atoms with E-state index in [1.54, 1.807) is 11.8 Å². The fourth-order valence-corrected chi connectivity index (χ4v) is 4.83. The zero-order valence-corrected chi connectivity index (χ0v) is 15.9. The second-order valence-electron chi connectivity index (χ2n) is 6.70. The number of carbonyl (C=O) groups excluding carboxylic acids is 1. The molecule has 0 saturated heterocycles. The Kier molecular flexibility index (Phi) is 5.20. The van der Waals surface area contributed by atoms with Gasteiger partial charge in [-0.1, -0.05) is 24.6 Å². The number of fused-ring (bicyclic) bond motifs is 1. The highest BCUT2D eigenvalue weighted by atomic mass is 32.2. The van der Waals surface area contributed by atoms with Crippen molar-refractivity contribution in [1.82, 2.24) is 9.55 Å². The summed E-state index contributed by atoms with van der Waals surface area (Å²) < 4.78 is 13.5. The molecule has 1 unspecified atom stereocenters. The number of ether oxygens (including phenoxy) is 2. The van der Waals surface area contributed by atoms with Gasteiger partial charge in [0.15, 0.2) is 16.7 Å². The standard InChI is InChI=1S/C20H24N2O3S/c1-2-22-15(14-8-9-17-18(12-14)25-11-10-24-17)13-21-20(22)26-19-7-5-3-4-6-16(19)23/h8-9,12-13,19H,2-7,10-11H2,1H3. The average molecular weight is 372 g/mol.